The summed E-state index contributed by atoms with van der Waals surface area (Å²) in [5, 5.41) is 7.31. The molecule has 1 aliphatic carbocycles. The van der Waals surface area contributed by atoms with Gasteiger partial charge in [0.2, 0.25) is 0 Å². The van der Waals surface area contributed by atoms with Crippen molar-refractivity contribution in [1.29, 1.82) is 0 Å². The van der Waals surface area contributed by atoms with Gasteiger partial charge in [0.15, 0.2) is 0 Å². The SMILES string of the molecule is COCCNC1CCC(Cc2cc(-c3cc(NCC4CCOCC4)cnc3Cl)c(F)cn2)CC1. The van der Waals surface area contributed by atoms with E-state index in [-0.39, 0.29) is 5.82 Å². The molecule has 1 saturated carbocycles. The van der Waals surface area contributed by atoms with Crippen LogP contribution < -0.4 is 10.6 Å². The van der Waals surface area contributed by atoms with Crippen LogP contribution in [0.1, 0.15) is 44.2 Å². The highest BCUT2D eigenvalue weighted by Gasteiger charge is 2.22. The standard InChI is InChI=1S/C26H36ClFN4O2/c1-33-11-8-29-20-4-2-18(3-5-20)12-21-13-23(25(28)17-31-21)24-14-22(16-32-26(24)27)30-15-19-6-9-34-10-7-19/h13-14,16-20,29-30H,2-12,15H2,1H3. The predicted octanol–water partition coefficient (Wildman–Crippen LogP) is 5.11. The largest absolute Gasteiger partial charge is 0.384 e. The Hall–Kier alpha value is -1.80. The molecule has 2 N–H and O–H groups in total. The Balaban J connectivity index is 1.39. The van der Waals surface area contributed by atoms with Gasteiger partial charge < -0.3 is 20.1 Å². The summed E-state index contributed by atoms with van der Waals surface area (Å²) in [6.07, 6.45) is 10.6. The molecule has 0 radical (unpaired) electrons. The molecule has 4 rings (SSSR count). The molecule has 2 aliphatic rings. The molecule has 1 saturated heterocycles. The molecule has 186 valence electrons. The van der Waals surface area contributed by atoms with Crippen molar-refractivity contribution in [2.75, 3.05) is 45.3 Å². The van der Waals surface area contributed by atoms with Crippen LogP contribution in [-0.4, -0.2) is 56.0 Å². The lowest BCUT2D eigenvalue weighted by Crippen LogP contribution is -2.35. The fourth-order valence-electron chi connectivity index (χ4n) is 4.98. The van der Waals surface area contributed by atoms with E-state index < -0.39 is 0 Å². The first-order valence-corrected chi connectivity index (χ1v) is 12.8. The normalized spacial score (nSPS) is 21.5. The van der Waals surface area contributed by atoms with Gasteiger partial charge in [0.25, 0.3) is 0 Å². The van der Waals surface area contributed by atoms with Crippen LogP contribution in [0.5, 0.6) is 0 Å². The van der Waals surface area contributed by atoms with E-state index in [1.165, 1.54) is 6.20 Å². The van der Waals surface area contributed by atoms with Crippen molar-refractivity contribution in [2.24, 2.45) is 11.8 Å². The van der Waals surface area contributed by atoms with Crippen LogP contribution in [0.15, 0.2) is 24.5 Å². The number of anilines is 1. The van der Waals surface area contributed by atoms with Gasteiger partial charge in [-0.1, -0.05) is 11.6 Å². The van der Waals surface area contributed by atoms with Crippen LogP contribution in [0.4, 0.5) is 10.1 Å². The Morgan fingerprint density at radius 1 is 1.03 bits per heavy atom. The van der Waals surface area contributed by atoms with Crippen LogP contribution in [0.25, 0.3) is 11.1 Å². The van der Waals surface area contributed by atoms with E-state index >= 15 is 0 Å². The van der Waals surface area contributed by atoms with Crippen molar-refractivity contribution in [3.8, 4) is 11.1 Å². The van der Waals surface area contributed by atoms with Crippen LogP contribution in [0.2, 0.25) is 5.15 Å². The second kappa shape index (κ2) is 12.8. The summed E-state index contributed by atoms with van der Waals surface area (Å²) in [5.74, 6) is 0.759. The van der Waals surface area contributed by atoms with E-state index in [2.05, 4.69) is 20.6 Å². The Labute approximate surface area is 207 Å². The van der Waals surface area contributed by atoms with E-state index in [4.69, 9.17) is 21.1 Å². The van der Waals surface area contributed by atoms with Gasteiger partial charge in [-0.05, 0) is 68.9 Å². The molecule has 2 aromatic rings. The van der Waals surface area contributed by atoms with Gasteiger partial charge in [-0.15, -0.1) is 0 Å². The first-order chi connectivity index (χ1) is 16.6. The van der Waals surface area contributed by atoms with Gasteiger partial charge in [0.1, 0.15) is 11.0 Å². The van der Waals surface area contributed by atoms with E-state index in [0.29, 0.717) is 34.2 Å². The smallest absolute Gasteiger partial charge is 0.149 e. The molecule has 0 atom stereocenters. The first-order valence-electron chi connectivity index (χ1n) is 12.5. The van der Waals surface area contributed by atoms with Gasteiger partial charge in [0.05, 0.1) is 24.7 Å². The number of hydrogen-bond donors (Lipinski definition) is 2. The summed E-state index contributed by atoms with van der Waals surface area (Å²) in [6, 6.07) is 4.31. The van der Waals surface area contributed by atoms with Crippen LogP contribution in [0.3, 0.4) is 0 Å². The molecule has 3 heterocycles. The van der Waals surface area contributed by atoms with Gasteiger partial charge in [-0.2, -0.15) is 0 Å². The highest BCUT2D eigenvalue weighted by Crippen LogP contribution is 2.33. The molecular weight excluding hydrogens is 455 g/mol. The number of pyridine rings is 2. The third-order valence-corrected chi connectivity index (χ3v) is 7.36. The number of nitrogens with one attached hydrogen (secondary N) is 2. The third-order valence-electron chi connectivity index (χ3n) is 7.06. The van der Waals surface area contributed by atoms with E-state index in [9.17, 15) is 4.39 Å². The van der Waals surface area contributed by atoms with E-state index in [1.54, 1.807) is 13.3 Å². The average molecular weight is 491 g/mol. The molecule has 2 fully saturated rings. The topological polar surface area (TPSA) is 68.3 Å². The quantitative estimate of drug-likeness (QED) is 0.356. The Morgan fingerprint density at radius 3 is 2.59 bits per heavy atom. The zero-order valence-electron chi connectivity index (χ0n) is 20.0. The highest BCUT2D eigenvalue weighted by atomic mass is 35.5. The van der Waals surface area contributed by atoms with Crippen molar-refractivity contribution in [1.82, 2.24) is 15.3 Å². The molecule has 2 aromatic heterocycles. The number of rotatable bonds is 10. The molecule has 1 aliphatic heterocycles. The summed E-state index contributed by atoms with van der Waals surface area (Å²) < 4.78 is 25.4. The predicted molar refractivity (Wildman–Crippen MR) is 134 cm³/mol. The summed E-state index contributed by atoms with van der Waals surface area (Å²) in [7, 11) is 1.73. The fraction of sp³-hybridized carbons (Fsp3) is 0.615. The maximum atomic E-state index is 14.8. The lowest BCUT2D eigenvalue weighted by molar-refractivity contribution is 0.0699. The number of halogens is 2. The van der Waals surface area contributed by atoms with Crippen molar-refractivity contribution in [2.45, 2.75) is 51.0 Å². The summed E-state index contributed by atoms with van der Waals surface area (Å²) >= 11 is 6.41. The highest BCUT2D eigenvalue weighted by molar-refractivity contribution is 6.32. The summed E-state index contributed by atoms with van der Waals surface area (Å²) in [4.78, 5) is 8.71. The minimum atomic E-state index is -0.375. The Morgan fingerprint density at radius 2 is 1.82 bits per heavy atom. The minimum Gasteiger partial charge on any atom is -0.384 e. The van der Waals surface area contributed by atoms with Gasteiger partial charge in [0, 0.05) is 56.3 Å². The molecule has 0 amide bonds. The zero-order chi connectivity index (χ0) is 23.8. The monoisotopic (exact) mass is 490 g/mol. The minimum absolute atomic E-state index is 0.301. The van der Waals surface area contributed by atoms with Crippen LogP contribution in [-0.2, 0) is 15.9 Å². The molecule has 6 nitrogen and oxygen atoms in total. The number of aromatic nitrogens is 2. The second-order valence-electron chi connectivity index (χ2n) is 9.52. The van der Waals surface area contributed by atoms with Crippen molar-refractivity contribution in [3.63, 3.8) is 0 Å². The maximum Gasteiger partial charge on any atom is 0.149 e. The number of ether oxygens (including phenoxy) is 2. The van der Waals surface area contributed by atoms with E-state index in [1.807, 2.05) is 12.1 Å². The lowest BCUT2D eigenvalue weighted by atomic mass is 9.83. The zero-order valence-corrected chi connectivity index (χ0v) is 20.7. The number of methoxy groups -OCH3 is 1. The van der Waals surface area contributed by atoms with Crippen molar-refractivity contribution in [3.05, 3.63) is 41.2 Å². The first kappa shape index (κ1) is 25.3. The maximum absolute atomic E-state index is 14.8. The van der Waals surface area contributed by atoms with Crippen LogP contribution >= 0.6 is 11.6 Å². The number of nitrogens with zero attached hydrogens (tertiary/aromatic N) is 2. The average Bonchev–Trinajstić information content (AvgIpc) is 2.87. The lowest BCUT2D eigenvalue weighted by Gasteiger charge is -2.29. The third kappa shape index (κ3) is 7.11. The van der Waals surface area contributed by atoms with Gasteiger partial charge in [-0.3, -0.25) is 4.98 Å². The van der Waals surface area contributed by atoms with Crippen molar-refractivity contribution < 1.29 is 13.9 Å². The molecule has 8 heteroatoms. The molecule has 0 bridgehead atoms. The molecule has 0 unspecified atom stereocenters. The molecular formula is C26H36ClFN4O2. The van der Waals surface area contributed by atoms with Gasteiger partial charge >= 0.3 is 0 Å². The molecule has 0 spiro atoms. The summed E-state index contributed by atoms with van der Waals surface area (Å²) in [5.41, 5.74) is 2.82. The number of hydrogen-bond acceptors (Lipinski definition) is 6. The fourth-order valence-corrected chi connectivity index (χ4v) is 5.18. The van der Waals surface area contributed by atoms with Crippen molar-refractivity contribution >= 4 is 17.3 Å². The second-order valence-corrected chi connectivity index (χ2v) is 9.88. The molecule has 0 aromatic carbocycles. The summed E-state index contributed by atoms with van der Waals surface area (Å²) in [6.45, 7) is 4.11. The van der Waals surface area contributed by atoms with Crippen LogP contribution in [0, 0.1) is 17.7 Å². The Bertz CT molecular complexity index is 918. The van der Waals surface area contributed by atoms with Gasteiger partial charge in [-0.25, -0.2) is 9.37 Å². The Kier molecular flexibility index (Phi) is 9.50. The molecule has 34 heavy (non-hydrogen) atoms. The van der Waals surface area contributed by atoms with E-state index in [0.717, 1.165) is 89.2 Å².